The lowest BCUT2D eigenvalue weighted by molar-refractivity contribution is 0.585. The van der Waals surface area contributed by atoms with E-state index in [1.165, 1.54) is 25.4 Å². The summed E-state index contributed by atoms with van der Waals surface area (Å²) in [6, 6.07) is 13.8. The Morgan fingerprint density at radius 1 is 0.914 bits per heavy atom. The van der Waals surface area contributed by atoms with Gasteiger partial charge in [-0.15, -0.1) is 0 Å². The zero-order chi connectivity index (χ0) is 24.6. The molecule has 0 unspecified atom stereocenters. The van der Waals surface area contributed by atoms with Crippen LogP contribution in [0.15, 0.2) is 79.6 Å². The van der Waals surface area contributed by atoms with Crippen LogP contribution in [0.2, 0.25) is 0 Å². The van der Waals surface area contributed by atoms with Gasteiger partial charge in [-0.1, -0.05) is 6.07 Å². The highest BCUT2D eigenvalue weighted by Gasteiger charge is 2.15. The number of benzene rings is 3. The second kappa shape index (κ2) is 8.88. The van der Waals surface area contributed by atoms with Crippen molar-refractivity contribution in [2.45, 2.75) is 6.92 Å². The van der Waals surface area contributed by atoms with E-state index < -0.39 is 21.7 Å². The summed E-state index contributed by atoms with van der Waals surface area (Å²) < 4.78 is 56.9. The van der Waals surface area contributed by atoms with Crippen molar-refractivity contribution in [2.24, 2.45) is 0 Å². The Morgan fingerprint density at radius 2 is 1.71 bits per heavy atom. The molecule has 0 aliphatic rings. The maximum absolute atomic E-state index is 14.6. The fraction of sp³-hybridized carbons (Fsp3) is 0.0800. The van der Waals surface area contributed by atoms with Gasteiger partial charge in [0.1, 0.15) is 24.3 Å². The SMILES string of the molecule is CCS(=O)(=O)Nc1cc(-c2ccc(F)cc2F)cc(-n2cnc3cc(-c4cncnc4)ccc32)c1. The van der Waals surface area contributed by atoms with Gasteiger partial charge in [-0.3, -0.25) is 9.29 Å². The number of aromatic nitrogens is 4. The van der Waals surface area contributed by atoms with E-state index in [4.69, 9.17) is 0 Å². The Hall–Kier alpha value is -4.18. The van der Waals surface area contributed by atoms with E-state index in [0.717, 1.165) is 28.8 Å². The van der Waals surface area contributed by atoms with Gasteiger partial charge >= 0.3 is 0 Å². The van der Waals surface area contributed by atoms with E-state index in [1.807, 2.05) is 18.2 Å². The largest absolute Gasteiger partial charge is 0.299 e. The molecule has 7 nitrogen and oxygen atoms in total. The first-order chi connectivity index (χ1) is 16.8. The van der Waals surface area contributed by atoms with Crippen molar-refractivity contribution in [3.63, 3.8) is 0 Å². The van der Waals surface area contributed by atoms with Crippen LogP contribution >= 0.6 is 0 Å². The number of nitrogens with one attached hydrogen (secondary N) is 1. The molecule has 0 saturated carbocycles. The molecule has 0 amide bonds. The summed E-state index contributed by atoms with van der Waals surface area (Å²) in [6.45, 7) is 1.52. The third-order valence-corrected chi connectivity index (χ3v) is 6.84. The minimum Gasteiger partial charge on any atom is -0.299 e. The van der Waals surface area contributed by atoms with E-state index >= 15 is 0 Å². The monoisotopic (exact) mass is 491 g/mol. The molecular formula is C25H19F2N5O2S. The summed E-state index contributed by atoms with van der Waals surface area (Å²) in [5.74, 6) is -1.58. The molecule has 176 valence electrons. The maximum atomic E-state index is 14.6. The van der Waals surface area contributed by atoms with Gasteiger partial charge in [0.25, 0.3) is 0 Å². The minimum absolute atomic E-state index is 0.128. The van der Waals surface area contributed by atoms with Crippen molar-refractivity contribution in [3.8, 4) is 27.9 Å². The van der Waals surface area contributed by atoms with Crippen molar-refractivity contribution in [2.75, 3.05) is 10.5 Å². The van der Waals surface area contributed by atoms with Gasteiger partial charge in [0.2, 0.25) is 10.0 Å². The molecule has 0 spiro atoms. The highest BCUT2D eigenvalue weighted by molar-refractivity contribution is 7.92. The molecule has 0 bridgehead atoms. The van der Waals surface area contributed by atoms with Gasteiger partial charge < -0.3 is 0 Å². The second-order valence-corrected chi connectivity index (χ2v) is 9.85. The Morgan fingerprint density at radius 3 is 2.46 bits per heavy atom. The number of nitrogens with zero attached hydrogens (tertiary/aromatic N) is 4. The first-order valence-corrected chi connectivity index (χ1v) is 12.3. The lowest BCUT2D eigenvalue weighted by atomic mass is 10.0. The molecule has 10 heteroatoms. The van der Waals surface area contributed by atoms with Gasteiger partial charge in [-0.25, -0.2) is 32.2 Å². The van der Waals surface area contributed by atoms with Gasteiger partial charge in [0.05, 0.1) is 22.5 Å². The molecule has 5 aromatic rings. The molecule has 35 heavy (non-hydrogen) atoms. The minimum atomic E-state index is -3.59. The van der Waals surface area contributed by atoms with Gasteiger partial charge in [0, 0.05) is 35.3 Å². The quantitative estimate of drug-likeness (QED) is 0.353. The van der Waals surface area contributed by atoms with Crippen LogP contribution in [0.5, 0.6) is 0 Å². The first kappa shape index (κ1) is 22.6. The summed E-state index contributed by atoms with van der Waals surface area (Å²) in [6.07, 6.45) is 6.47. The molecule has 5 rings (SSSR count). The standard InChI is InChI=1S/C25H19F2N5O2S/c1-2-35(33,34)31-20-7-17(22-5-4-19(26)10-23(22)27)8-21(11-20)32-15-30-24-9-16(3-6-25(24)32)18-12-28-14-29-13-18/h3-15,31H,2H2,1H3. The van der Waals surface area contributed by atoms with Crippen molar-refractivity contribution < 1.29 is 17.2 Å². The maximum Gasteiger partial charge on any atom is 0.232 e. The lowest BCUT2D eigenvalue weighted by Crippen LogP contribution is -2.15. The molecule has 0 saturated heterocycles. The van der Waals surface area contributed by atoms with Crippen LogP contribution in [0.4, 0.5) is 14.5 Å². The van der Waals surface area contributed by atoms with Gasteiger partial charge in [-0.05, 0) is 60.5 Å². The number of imidazole rings is 1. The first-order valence-electron chi connectivity index (χ1n) is 10.7. The van der Waals surface area contributed by atoms with E-state index in [1.54, 1.807) is 35.4 Å². The number of hydrogen-bond donors (Lipinski definition) is 1. The molecule has 2 heterocycles. The van der Waals surface area contributed by atoms with Crippen LogP contribution in [0.25, 0.3) is 39.0 Å². The third kappa shape index (κ3) is 4.60. The molecule has 0 aliphatic carbocycles. The van der Waals surface area contributed by atoms with Gasteiger partial charge in [0.15, 0.2) is 0 Å². The van der Waals surface area contributed by atoms with E-state index in [9.17, 15) is 17.2 Å². The molecular weight excluding hydrogens is 472 g/mol. The smallest absolute Gasteiger partial charge is 0.232 e. The fourth-order valence-electron chi connectivity index (χ4n) is 3.79. The highest BCUT2D eigenvalue weighted by atomic mass is 32.2. The van der Waals surface area contributed by atoms with Crippen LogP contribution < -0.4 is 4.72 Å². The number of sulfonamides is 1. The van der Waals surface area contributed by atoms with Crippen LogP contribution in [-0.4, -0.2) is 33.7 Å². The fourth-order valence-corrected chi connectivity index (χ4v) is 4.41. The van der Waals surface area contributed by atoms with E-state index in [-0.39, 0.29) is 17.0 Å². The summed E-state index contributed by atoms with van der Waals surface area (Å²) in [5, 5.41) is 0. The average molecular weight is 492 g/mol. The predicted octanol–water partition coefficient (Wildman–Crippen LogP) is 5.19. The number of halogens is 2. The van der Waals surface area contributed by atoms with Gasteiger partial charge in [-0.2, -0.15) is 0 Å². The number of rotatable bonds is 6. The zero-order valence-corrected chi connectivity index (χ0v) is 19.3. The molecule has 0 aliphatic heterocycles. The summed E-state index contributed by atoms with van der Waals surface area (Å²) >= 11 is 0. The van der Waals surface area contributed by atoms with Crippen LogP contribution in [0.3, 0.4) is 0 Å². The Labute approximate surface area is 200 Å². The van der Waals surface area contributed by atoms with Crippen molar-refractivity contribution in [1.29, 1.82) is 0 Å². The highest BCUT2D eigenvalue weighted by Crippen LogP contribution is 2.32. The molecule has 1 N–H and O–H groups in total. The molecule has 0 radical (unpaired) electrons. The topological polar surface area (TPSA) is 89.8 Å². The number of fused-ring (bicyclic) bond motifs is 1. The summed E-state index contributed by atoms with van der Waals surface area (Å²) in [7, 11) is -3.59. The van der Waals surface area contributed by atoms with Crippen LogP contribution in [0.1, 0.15) is 6.92 Å². The van der Waals surface area contributed by atoms with Crippen molar-refractivity contribution >= 4 is 26.7 Å². The van der Waals surface area contributed by atoms with Crippen LogP contribution in [-0.2, 0) is 10.0 Å². The Balaban J connectivity index is 1.65. The lowest BCUT2D eigenvalue weighted by Gasteiger charge is -2.14. The third-order valence-electron chi connectivity index (χ3n) is 5.53. The number of anilines is 1. The zero-order valence-electron chi connectivity index (χ0n) is 18.5. The predicted molar refractivity (Wildman–Crippen MR) is 131 cm³/mol. The van der Waals surface area contributed by atoms with E-state index in [0.29, 0.717) is 16.8 Å². The van der Waals surface area contributed by atoms with Crippen molar-refractivity contribution in [1.82, 2.24) is 19.5 Å². The summed E-state index contributed by atoms with van der Waals surface area (Å²) in [5.41, 5.74) is 4.51. The summed E-state index contributed by atoms with van der Waals surface area (Å²) in [4.78, 5) is 12.6. The molecule has 2 aromatic heterocycles. The molecule has 3 aromatic carbocycles. The molecule has 0 fully saturated rings. The average Bonchev–Trinajstić information content (AvgIpc) is 3.27. The Kier molecular flexibility index (Phi) is 5.73. The van der Waals surface area contributed by atoms with Crippen LogP contribution in [0, 0.1) is 11.6 Å². The number of hydrogen-bond acceptors (Lipinski definition) is 5. The van der Waals surface area contributed by atoms with E-state index in [2.05, 4.69) is 19.7 Å². The second-order valence-electron chi connectivity index (χ2n) is 7.84. The van der Waals surface area contributed by atoms with Crippen molar-refractivity contribution in [3.05, 3.63) is 91.3 Å². The normalized spacial score (nSPS) is 11.6. The molecule has 0 atom stereocenters. The Bertz CT molecular complexity index is 1650.